The van der Waals surface area contributed by atoms with Crippen molar-refractivity contribution < 1.29 is 9.53 Å². The SMILES string of the molecule is C=Cc1c(/C=C\C)nc(-c2ccc(-c3ccc(CCC)cc3)cc2)c(OC)c1C(C)=O. The highest BCUT2D eigenvalue weighted by atomic mass is 16.5. The molecule has 31 heavy (non-hydrogen) atoms. The average Bonchev–Trinajstić information content (AvgIpc) is 2.79. The number of rotatable bonds is 8. The molecular weight excluding hydrogens is 382 g/mol. The summed E-state index contributed by atoms with van der Waals surface area (Å²) in [6.07, 6.45) is 7.69. The lowest BCUT2D eigenvalue weighted by molar-refractivity contribution is 0.101. The van der Waals surface area contributed by atoms with Crippen molar-refractivity contribution in [2.45, 2.75) is 33.6 Å². The Balaban J connectivity index is 2.09. The Morgan fingerprint density at radius 3 is 2.10 bits per heavy atom. The van der Waals surface area contributed by atoms with Crippen LogP contribution >= 0.6 is 0 Å². The molecule has 3 rings (SSSR count). The normalized spacial score (nSPS) is 11.0. The van der Waals surface area contributed by atoms with Crippen molar-refractivity contribution in [3.63, 3.8) is 0 Å². The largest absolute Gasteiger partial charge is 0.494 e. The molecule has 0 aliphatic rings. The number of ether oxygens (including phenoxy) is 1. The van der Waals surface area contributed by atoms with Crippen molar-refractivity contribution >= 4 is 17.9 Å². The molecule has 3 nitrogen and oxygen atoms in total. The van der Waals surface area contributed by atoms with Gasteiger partial charge in [-0.3, -0.25) is 4.79 Å². The van der Waals surface area contributed by atoms with Gasteiger partial charge < -0.3 is 4.74 Å². The lowest BCUT2D eigenvalue weighted by Gasteiger charge is -2.17. The van der Waals surface area contributed by atoms with Crippen LogP contribution in [0.4, 0.5) is 0 Å². The second-order valence-electron chi connectivity index (χ2n) is 7.45. The maximum absolute atomic E-state index is 12.5. The van der Waals surface area contributed by atoms with E-state index in [2.05, 4.69) is 49.9 Å². The first-order chi connectivity index (χ1) is 15.0. The summed E-state index contributed by atoms with van der Waals surface area (Å²) in [5, 5.41) is 0. The summed E-state index contributed by atoms with van der Waals surface area (Å²) in [6.45, 7) is 9.53. The molecule has 0 saturated carbocycles. The minimum atomic E-state index is -0.0788. The number of aryl methyl sites for hydroxylation is 1. The third-order valence-corrected chi connectivity index (χ3v) is 5.29. The second-order valence-corrected chi connectivity index (χ2v) is 7.45. The van der Waals surface area contributed by atoms with E-state index >= 15 is 0 Å². The second kappa shape index (κ2) is 10.0. The van der Waals surface area contributed by atoms with Gasteiger partial charge in [-0.25, -0.2) is 4.98 Å². The average molecular weight is 412 g/mol. The summed E-state index contributed by atoms with van der Waals surface area (Å²) in [7, 11) is 1.57. The lowest BCUT2D eigenvalue weighted by atomic mass is 9.96. The molecule has 0 fully saturated rings. The number of allylic oxidation sites excluding steroid dienone is 1. The van der Waals surface area contributed by atoms with Crippen LogP contribution in [0.1, 0.15) is 54.4 Å². The summed E-state index contributed by atoms with van der Waals surface area (Å²) in [5.41, 5.74) is 7.10. The molecule has 0 atom stereocenters. The quantitative estimate of drug-likeness (QED) is 0.366. The molecule has 0 unspecified atom stereocenters. The molecule has 1 aromatic heterocycles. The van der Waals surface area contributed by atoms with Gasteiger partial charge in [0.15, 0.2) is 11.5 Å². The summed E-state index contributed by atoms with van der Waals surface area (Å²) < 4.78 is 5.66. The van der Waals surface area contributed by atoms with E-state index in [-0.39, 0.29) is 5.78 Å². The fourth-order valence-electron chi connectivity index (χ4n) is 3.81. The minimum Gasteiger partial charge on any atom is -0.494 e. The zero-order valence-electron chi connectivity index (χ0n) is 18.7. The molecule has 0 aliphatic carbocycles. The first-order valence-corrected chi connectivity index (χ1v) is 10.6. The van der Waals surface area contributed by atoms with Crippen LogP contribution in [-0.2, 0) is 6.42 Å². The van der Waals surface area contributed by atoms with Crippen LogP contribution in [0, 0.1) is 0 Å². The molecule has 0 spiro atoms. The molecule has 2 aromatic carbocycles. The molecule has 0 radical (unpaired) electrons. The van der Waals surface area contributed by atoms with E-state index in [1.165, 1.54) is 11.1 Å². The fourth-order valence-corrected chi connectivity index (χ4v) is 3.81. The van der Waals surface area contributed by atoms with Gasteiger partial charge in [0.05, 0.1) is 18.4 Å². The van der Waals surface area contributed by atoms with Crippen molar-refractivity contribution in [3.8, 4) is 28.1 Å². The number of ketones is 1. The zero-order valence-corrected chi connectivity index (χ0v) is 18.7. The van der Waals surface area contributed by atoms with Gasteiger partial charge in [-0.1, -0.05) is 80.6 Å². The van der Waals surface area contributed by atoms with Crippen molar-refractivity contribution in [1.82, 2.24) is 4.98 Å². The van der Waals surface area contributed by atoms with Gasteiger partial charge in [0.2, 0.25) is 0 Å². The number of aromatic nitrogens is 1. The highest BCUT2D eigenvalue weighted by Gasteiger charge is 2.22. The minimum absolute atomic E-state index is 0.0788. The Kier molecular flexibility index (Phi) is 7.19. The Bertz CT molecular complexity index is 1110. The van der Waals surface area contributed by atoms with Gasteiger partial charge in [-0.2, -0.15) is 0 Å². The van der Waals surface area contributed by atoms with Crippen LogP contribution in [0.3, 0.4) is 0 Å². The van der Waals surface area contributed by atoms with E-state index in [1.54, 1.807) is 20.1 Å². The van der Waals surface area contributed by atoms with Crippen molar-refractivity contribution in [2.75, 3.05) is 7.11 Å². The third-order valence-electron chi connectivity index (χ3n) is 5.29. The predicted octanol–water partition coefficient (Wildman–Crippen LogP) is 7.26. The number of pyridine rings is 1. The summed E-state index contributed by atoms with van der Waals surface area (Å²) in [5.74, 6) is 0.400. The molecule has 158 valence electrons. The van der Waals surface area contributed by atoms with Crippen LogP contribution in [-0.4, -0.2) is 17.9 Å². The highest BCUT2D eigenvalue weighted by Crippen LogP contribution is 2.37. The van der Waals surface area contributed by atoms with E-state index in [9.17, 15) is 4.79 Å². The number of hydrogen-bond donors (Lipinski definition) is 0. The smallest absolute Gasteiger partial charge is 0.164 e. The van der Waals surface area contributed by atoms with Gasteiger partial charge in [0, 0.05) is 11.1 Å². The van der Waals surface area contributed by atoms with Crippen LogP contribution in [0.15, 0.2) is 61.2 Å². The first kappa shape index (κ1) is 22.2. The Morgan fingerprint density at radius 2 is 1.61 bits per heavy atom. The molecule has 0 aliphatic heterocycles. The number of benzene rings is 2. The first-order valence-electron chi connectivity index (χ1n) is 10.6. The number of carbonyl (C=O) groups is 1. The maximum atomic E-state index is 12.5. The molecule has 0 saturated heterocycles. The van der Waals surface area contributed by atoms with Crippen molar-refractivity contribution in [3.05, 3.63) is 83.6 Å². The lowest BCUT2D eigenvalue weighted by Crippen LogP contribution is -2.07. The van der Waals surface area contributed by atoms with E-state index in [4.69, 9.17) is 9.72 Å². The number of nitrogens with zero attached hydrogens (tertiary/aromatic N) is 1. The molecule has 0 amide bonds. The monoisotopic (exact) mass is 411 g/mol. The van der Waals surface area contributed by atoms with E-state index in [0.717, 1.165) is 24.0 Å². The maximum Gasteiger partial charge on any atom is 0.164 e. The third kappa shape index (κ3) is 4.66. The standard InChI is InChI=1S/C28H29NO2/c1-6-9-20-11-13-21(14-12-20)22-15-17-23(18-16-22)27-28(31-5)26(19(4)30)24(8-3)25(29-27)10-7-2/h7-8,10-18H,3,6,9H2,1-2,4-5H3/b10-7-. The summed E-state index contributed by atoms with van der Waals surface area (Å²) in [6, 6.07) is 16.9. The van der Waals surface area contributed by atoms with Gasteiger partial charge in [0.25, 0.3) is 0 Å². The summed E-state index contributed by atoms with van der Waals surface area (Å²) >= 11 is 0. The van der Waals surface area contributed by atoms with Gasteiger partial charge in [0.1, 0.15) is 5.69 Å². The van der Waals surface area contributed by atoms with Crippen LogP contribution in [0.5, 0.6) is 5.75 Å². The van der Waals surface area contributed by atoms with Crippen molar-refractivity contribution in [1.29, 1.82) is 0 Å². The fraction of sp³-hybridized carbons (Fsp3) is 0.214. The molecular formula is C28H29NO2. The van der Waals surface area contributed by atoms with Gasteiger partial charge in [-0.15, -0.1) is 0 Å². The van der Waals surface area contributed by atoms with Gasteiger partial charge >= 0.3 is 0 Å². The number of hydrogen-bond acceptors (Lipinski definition) is 3. The van der Waals surface area contributed by atoms with E-state index < -0.39 is 0 Å². The highest BCUT2D eigenvalue weighted by molar-refractivity contribution is 6.03. The summed E-state index contributed by atoms with van der Waals surface area (Å²) in [4.78, 5) is 17.3. The number of methoxy groups -OCH3 is 1. The topological polar surface area (TPSA) is 39.2 Å². The molecule has 3 heteroatoms. The van der Waals surface area contributed by atoms with Crippen LogP contribution < -0.4 is 4.74 Å². The Morgan fingerprint density at radius 1 is 1.03 bits per heavy atom. The van der Waals surface area contributed by atoms with E-state index in [1.807, 2.05) is 31.2 Å². The Labute approximate surface area is 185 Å². The van der Waals surface area contributed by atoms with Crippen LogP contribution in [0.25, 0.3) is 34.5 Å². The molecule has 0 N–H and O–H groups in total. The van der Waals surface area contributed by atoms with Crippen molar-refractivity contribution in [2.24, 2.45) is 0 Å². The van der Waals surface area contributed by atoms with Gasteiger partial charge in [-0.05, 0) is 43.0 Å². The number of carbonyl (C=O) groups excluding carboxylic acids is 1. The molecule has 0 bridgehead atoms. The van der Waals surface area contributed by atoms with E-state index in [0.29, 0.717) is 28.3 Å². The number of Topliss-reactive ketones (excluding diaryl/α,β-unsaturated/α-hetero) is 1. The van der Waals surface area contributed by atoms with Crippen LogP contribution in [0.2, 0.25) is 0 Å². The zero-order chi connectivity index (χ0) is 22.4. The molecule has 3 aromatic rings. The Hall–Kier alpha value is -3.46. The predicted molar refractivity (Wildman–Crippen MR) is 130 cm³/mol. The molecule has 1 heterocycles.